The molecule has 180 valence electrons. The number of benzene rings is 3. The van der Waals surface area contributed by atoms with E-state index < -0.39 is 15.9 Å². The van der Waals surface area contributed by atoms with Gasteiger partial charge in [0.25, 0.3) is 20.3 Å². The van der Waals surface area contributed by atoms with Gasteiger partial charge in [-0.1, -0.05) is 46.7 Å². The number of amides is 1. The van der Waals surface area contributed by atoms with E-state index in [1.54, 1.807) is 55.6 Å². The monoisotopic (exact) mass is 550 g/mol. The highest BCUT2D eigenvalue weighted by molar-refractivity contribution is 7.94. The lowest BCUT2D eigenvalue weighted by Gasteiger charge is -2.13. The van der Waals surface area contributed by atoms with Crippen molar-refractivity contribution in [1.29, 1.82) is 0 Å². The van der Waals surface area contributed by atoms with Crippen molar-refractivity contribution in [3.8, 4) is 17.2 Å². The molecule has 0 aliphatic heterocycles. The Balaban J connectivity index is 1.53. The van der Waals surface area contributed by atoms with Gasteiger partial charge in [0.2, 0.25) is 5.13 Å². The van der Waals surface area contributed by atoms with E-state index in [0.29, 0.717) is 22.8 Å². The second-order valence-corrected chi connectivity index (χ2v) is 10.5. The molecule has 0 fully saturated rings. The van der Waals surface area contributed by atoms with Crippen LogP contribution < -0.4 is 19.5 Å². The summed E-state index contributed by atoms with van der Waals surface area (Å²) in [5, 5.41) is 10.4. The summed E-state index contributed by atoms with van der Waals surface area (Å²) >= 11 is 12.8. The molecule has 3 aromatic carbocycles. The molecule has 1 heterocycles. The number of hydrogen-bond donors (Lipinski definition) is 2. The molecule has 0 unspecified atom stereocenters. The fraction of sp³-hybridized carbons (Fsp3) is 0.0455. The van der Waals surface area contributed by atoms with Gasteiger partial charge in [-0.15, -0.1) is 10.2 Å². The van der Waals surface area contributed by atoms with Crippen LogP contribution in [0.25, 0.3) is 0 Å². The molecule has 0 aliphatic carbocycles. The van der Waals surface area contributed by atoms with Crippen molar-refractivity contribution < 1.29 is 22.7 Å². The highest BCUT2D eigenvalue weighted by Crippen LogP contribution is 2.34. The average Bonchev–Trinajstić information content (AvgIpc) is 3.31. The van der Waals surface area contributed by atoms with Crippen LogP contribution in [-0.2, 0) is 10.0 Å². The van der Waals surface area contributed by atoms with Crippen molar-refractivity contribution in [3.05, 3.63) is 82.3 Å². The fourth-order valence-corrected chi connectivity index (χ4v) is 5.16. The summed E-state index contributed by atoms with van der Waals surface area (Å²) in [5.74, 6) is 0.755. The van der Waals surface area contributed by atoms with Crippen LogP contribution in [-0.4, -0.2) is 31.6 Å². The molecular weight excluding hydrogens is 535 g/mol. The average molecular weight is 551 g/mol. The maximum absolute atomic E-state index is 13.0. The number of methoxy groups -OCH3 is 1. The van der Waals surface area contributed by atoms with E-state index in [1.807, 2.05) is 0 Å². The van der Waals surface area contributed by atoms with Gasteiger partial charge in [0.15, 0.2) is 5.75 Å². The van der Waals surface area contributed by atoms with E-state index in [1.165, 1.54) is 18.2 Å². The van der Waals surface area contributed by atoms with Crippen LogP contribution in [0.1, 0.15) is 10.4 Å². The molecule has 0 aliphatic rings. The van der Waals surface area contributed by atoms with E-state index in [0.717, 1.165) is 0 Å². The third kappa shape index (κ3) is 6.01. The number of hydrogen-bond acceptors (Lipinski definition) is 8. The van der Waals surface area contributed by atoms with Gasteiger partial charge in [0.05, 0.1) is 23.4 Å². The number of carbonyl (C=O) groups is 1. The predicted octanol–water partition coefficient (Wildman–Crippen LogP) is 5.70. The molecule has 1 amide bonds. The van der Waals surface area contributed by atoms with E-state index in [9.17, 15) is 13.2 Å². The largest absolute Gasteiger partial charge is 0.497 e. The number of rotatable bonds is 8. The number of anilines is 2. The summed E-state index contributed by atoms with van der Waals surface area (Å²) in [7, 11) is -2.64. The first-order chi connectivity index (χ1) is 16.7. The first-order valence-corrected chi connectivity index (χ1v) is 12.8. The van der Waals surface area contributed by atoms with E-state index in [4.69, 9.17) is 32.7 Å². The van der Waals surface area contributed by atoms with Crippen LogP contribution in [0.5, 0.6) is 17.2 Å². The second kappa shape index (κ2) is 10.5. The first-order valence-electron chi connectivity index (χ1n) is 9.79. The highest BCUT2D eigenvalue weighted by atomic mass is 35.5. The Morgan fingerprint density at radius 3 is 2.40 bits per heavy atom. The zero-order valence-electron chi connectivity index (χ0n) is 17.9. The molecule has 0 atom stereocenters. The maximum atomic E-state index is 13.0. The van der Waals surface area contributed by atoms with E-state index in [-0.39, 0.29) is 36.5 Å². The summed E-state index contributed by atoms with van der Waals surface area (Å²) in [6, 6.07) is 17.7. The highest BCUT2D eigenvalue weighted by Gasteiger charge is 2.23. The van der Waals surface area contributed by atoms with Gasteiger partial charge in [0.1, 0.15) is 11.5 Å². The standard InChI is InChI=1S/C22H16Cl2N4O5S2/c1-32-14-7-9-15(10-8-14)33-19-11-6-13(23)12-18(19)28-35(30,31)22-27-26-21(34-22)25-20(29)16-4-2-3-5-17(16)24/h2-12,28H,1H3,(H,25,26,29). The molecule has 0 saturated heterocycles. The molecule has 0 spiro atoms. The topological polar surface area (TPSA) is 120 Å². The minimum absolute atomic E-state index is 0.0175. The Kier molecular flexibility index (Phi) is 7.41. The lowest BCUT2D eigenvalue weighted by Crippen LogP contribution is -2.13. The summed E-state index contributed by atoms with van der Waals surface area (Å²) in [6.07, 6.45) is 0. The summed E-state index contributed by atoms with van der Waals surface area (Å²) in [5.41, 5.74) is 0.302. The molecule has 2 N–H and O–H groups in total. The number of aromatic nitrogens is 2. The lowest BCUT2D eigenvalue weighted by molar-refractivity contribution is 0.102. The quantitative estimate of drug-likeness (QED) is 0.270. The Morgan fingerprint density at radius 1 is 0.971 bits per heavy atom. The Morgan fingerprint density at radius 2 is 1.69 bits per heavy atom. The number of sulfonamides is 1. The van der Waals surface area contributed by atoms with Crippen molar-refractivity contribution in [3.63, 3.8) is 0 Å². The van der Waals surface area contributed by atoms with Crippen molar-refractivity contribution in [2.45, 2.75) is 4.34 Å². The predicted molar refractivity (Wildman–Crippen MR) is 135 cm³/mol. The van der Waals surface area contributed by atoms with E-state index in [2.05, 4.69) is 20.2 Å². The number of carbonyl (C=O) groups excluding carboxylic acids is 1. The van der Waals surface area contributed by atoms with Crippen LogP contribution in [0.3, 0.4) is 0 Å². The first kappa shape index (κ1) is 24.7. The van der Waals surface area contributed by atoms with Gasteiger partial charge in [-0.2, -0.15) is 8.42 Å². The minimum atomic E-state index is -4.18. The maximum Gasteiger partial charge on any atom is 0.291 e. The van der Waals surface area contributed by atoms with Crippen LogP contribution in [0.2, 0.25) is 10.0 Å². The molecule has 4 rings (SSSR count). The summed E-state index contributed by atoms with van der Waals surface area (Å²) in [6.45, 7) is 0. The molecule has 0 radical (unpaired) electrons. The van der Waals surface area contributed by atoms with Crippen LogP contribution in [0, 0.1) is 0 Å². The van der Waals surface area contributed by atoms with Crippen molar-refractivity contribution in [2.24, 2.45) is 0 Å². The van der Waals surface area contributed by atoms with Gasteiger partial charge in [-0.25, -0.2) is 0 Å². The van der Waals surface area contributed by atoms with Crippen molar-refractivity contribution in [1.82, 2.24) is 10.2 Å². The Labute approximate surface area is 214 Å². The number of ether oxygens (including phenoxy) is 2. The van der Waals surface area contributed by atoms with E-state index >= 15 is 0 Å². The van der Waals surface area contributed by atoms with Gasteiger partial charge < -0.3 is 9.47 Å². The SMILES string of the molecule is COc1ccc(Oc2ccc(Cl)cc2NS(=O)(=O)c2nnc(NC(=O)c3ccccc3Cl)s2)cc1. The second-order valence-electron chi connectivity index (χ2n) is 6.83. The molecule has 1 aromatic heterocycles. The third-order valence-corrected chi connectivity index (χ3v) is 7.58. The smallest absolute Gasteiger partial charge is 0.291 e. The van der Waals surface area contributed by atoms with Crippen LogP contribution in [0.4, 0.5) is 10.8 Å². The molecule has 35 heavy (non-hydrogen) atoms. The number of nitrogens with zero attached hydrogens (tertiary/aromatic N) is 2. The minimum Gasteiger partial charge on any atom is -0.497 e. The van der Waals surface area contributed by atoms with Gasteiger partial charge in [-0.3, -0.25) is 14.8 Å². The normalized spacial score (nSPS) is 11.1. The zero-order valence-corrected chi connectivity index (χ0v) is 21.0. The van der Waals surface area contributed by atoms with Gasteiger partial charge >= 0.3 is 0 Å². The molecule has 9 nitrogen and oxygen atoms in total. The van der Waals surface area contributed by atoms with Crippen LogP contribution >= 0.6 is 34.5 Å². The fourth-order valence-electron chi connectivity index (χ4n) is 2.81. The van der Waals surface area contributed by atoms with Gasteiger partial charge in [0, 0.05) is 5.02 Å². The molecule has 0 bridgehead atoms. The number of nitrogens with one attached hydrogen (secondary N) is 2. The van der Waals surface area contributed by atoms with Crippen LogP contribution in [0.15, 0.2) is 71.1 Å². The Hall–Kier alpha value is -3.38. The number of halogens is 2. The van der Waals surface area contributed by atoms with Crippen molar-refractivity contribution >= 4 is 61.3 Å². The lowest BCUT2D eigenvalue weighted by atomic mass is 10.2. The molecule has 0 saturated carbocycles. The summed E-state index contributed by atoms with van der Waals surface area (Å²) in [4.78, 5) is 12.4. The third-order valence-electron chi connectivity index (χ3n) is 4.45. The van der Waals surface area contributed by atoms with Crippen molar-refractivity contribution in [2.75, 3.05) is 17.1 Å². The summed E-state index contributed by atoms with van der Waals surface area (Å²) < 4.78 is 38.9. The zero-order chi connectivity index (χ0) is 25.0. The Bertz CT molecular complexity index is 1480. The molecule has 13 heteroatoms. The van der Waals surface area contributed by atoms with Gasteiger partial charge in [-0.05, 0) is 54.6 Å². The molecule has 4 aromatic rings. The molecular formula is C22H16Cl2N4O5S2.